The van der Waals surface area contributed by atoms with E-state index in [1.165, 1.54) is 17.3 Å². The molecule has 1 aromatic rings. The summed E-state index contributed by atoms with van der Waals surface area (Å²) in [5, 5.41) is 2.68. The average Bonchev–Trinajstić information content (AvgIpc) is 3.29. The van der Waals surface area contributed by atoms with Gasteiger partial charge in [0.05, 0.1) is 42.9 Å². The van der Waals surface area contributed by atoms with Crippen LogP contribution >= 0.6 is 11.8 Å². The van der Waals surface area contributed by atoms with Gasteiger partial charge in [-0.2, -0.15) is 0 Å². The second-order valence-electron chi connectivity index (χ2n) is 10.0. The van der Waals surface area contributed by atoms with Gasteiger partial charge in [0.1, 0.15) is 0 Å². The van der Waals surface area contributed by atoms with Crippen molar-refractivity contribution in [2.75, 3.05) is 26.3 Å². The zero-order valence-electron chi connectivity index (χ0n) is 22.9. The first-order valence-electron chi connectivity index (χ1n) is 13.4. The van der Waals surface area contributed by atoms with Crippen LogP contribution < -0.4 is 0 Å². The number of rotatable bonds is 8. The number of likely N-dealkylation sites (tertiary alicyclic amines) is 1. The van der Waals surface area contributed by atoms with Crippen molar-refractivity contribution >= 4 is 34.8 Å². The first-order valence-corrected chi connectivity index (χ1v) is 14.3. The summed E-state index contributed by atoms with van der Waals surface area (Å²) in [6, 6.07) is 7.82. The summed E-state index contributed by atoms with van der Waals surface area (Å²) < 4.78 is 10.6. The summed E-state index contributed by atoms with van der Waals surface area (Å²) in [5.41, 5.74) is 4.03. The van der Waals surface area contributed by atoms with E-state index in [9.17, 15) is 14.4 Å². The number of amidine groups is 1. The van der Waals surface area contributed by atoms with Crippen LogP contribution in [0.4, 0.5) is 0 Å². The van der Waals surface area contributed by atoms with Crippen LogP contribution in [0.5, 0.6) is 0 Å². The van der Waals surface area contributed by atoms with Crippen LogP contribution in [-0.4, -0.2) is 59.1 Å². The van der Waals surface area contributed by atoms with Gasteiger partial charge in [0.2, 0.25) is 5.91 Å². The third-order valence-electron chi connectivity index (χ3n) is 7.14. The number of allylic oxidation sites excluding steroid dienone is 1. The lowest BCUT2D eigenvalue weighted by Crippen LogP contribution is -2.44. The lowest BCUT2D eigenvalue weighted by molar-refractivity contribution is -0.151. The highest BCUT2D eigenvalue weighted by Crippen LogP contribution is 2.45. The molecule has 3 aliphatic heterocycles. The molecule has 204 valence electrons. The van der Waals surface area contributed by atoms with Crippen LogP contribution in [0.25, 0.3) is 0 Å². The second-order valence-corrected chi connectivity index (χ2v) is 10.9. The summed E-state index contributed by atoms with van der Waals surface area (Å²) in [7, 11) is 0. The van der Waals surface area contributed by atoms with E-state index in [2.05, 4.69) is 26.0 Å². The Morgan fingerprint density at radius 2 is 1.82 bits per heavy atom. The highest BCUT2D eigenvalue weighted by Gasteiger charge is 2.41. The fourth-order valence-corrected chi connectivity index (χ4v) is 6.11. The number of carbonyl (C=O) groups excluding carboxylic acids is 3. The maximum atomic E-state index is 13.5. The van der Waals surface area contributed by atoms with Crippen LogP contribution in [0, 0.1) is 5.92 Å². The van der Waals surface area contributed by atoms with Crippen LogP contribution in [0.15, 0.2) is 51.6 Å². The predicted molar refractivity (Wildman–Crippen MR) is 148 cm³/mol. The molecule has 1 aromatic carbocycles. The largest absolute Gasteiger partial charge is 0.466 e. The van der Waals surface area contributed by atoms with Gasteiger partial charge in [-0.1, -0.05) is 49.9 Å². The number of carbonyl (C=O) groups is 3. The molecule has 0 aromatic heterocycles. The number of ether oxygens (including phenoxy) is 2. The number of benzene rings is 1. The third-order valence-corrected chi connectivity index (χ3v) is 8.03. The van der Waals surface area contributed by atoms with Gasteiger partial charge in [-0.3, -0.25) is 9.59 Å². The summed E-state index contributed by atoms with van der Waals surface area (Å²) in [6.45, 7) is 11.3. The van der Waals surface area contributed by atoms with Crippen molar-refractivity contribution in [2.24, 2.45) is 10.9 Å². The van der Waals surface area contributed by atoms with Crippen molar-refractivity contribution in [1.82, 2.24) is 9.80 Å². The molecule has 0 saturated carbocycles. The molecule has 0 N–H and O–H groups in total. The molecule has 3 aliphatic rings. The lowest BCUT2D eigenvalue weighted by atomic mass is 9.91. The van der Waals surface area contributed by atoms with Gasteiger partial charge < -0.3 is 19.3 Å². The molecule has 4 rings (SSSR count). The van der Waals surface area contributed by atoms with E-state index in [-0.39, 0.29) is 30.8 Å². The zero-order chi connectivity index (χ0) is 27.4. The first kappa shape index (κ1) is 28.0. The fourth-order valence-electron chi connectivity index (χ4n) is 5.14. The molecule has 38 heavy (non-hydrogen) atoms. The van der Waals surface area contributed by atoms with Gasteiger partial charge in [0.25, 0.3) is 0 Å². The number of fused-ring (bicyclic) bond motifs is 1. The zero-order valence-corrected chi connectivity index (χ0v) is 23.7. The van der Waals surface area contributed by atoms with Crippen molar-refractivity contribution < 1.29 is 23.9 Å². The van der Waals surface area contributed by atoms with Gasteiger partial charge in [-0.15, -0.1) is 0 Å². The van der Waals surface area contributed by atoms with Crippen molar-refractivity contribution in [3.05, 3.63) is 57.8 Å². The van der Waals surface area contributed by atoms with Gasteiger partial charge in [-0.25, -0.2) is 9.79 Å². The Kier molecular flexibility index (Phi) is 8.97. The monoisotopic (exact) mass is 539 g/mol. The predicted octanol–water partition coefficient (Wildman–Crippen LogP) is 5.14. The molecule has 0 radical (unpaired) electrons. The van der Waals surface area contributed by atoms with E-state index in [4.69, 9.17) is 14.5 Å². The van der Waals surface area contributed by atoms with E-state index in [0.29, 0.717) is 36.9 Å². The van der Waals surface area contributed by atoms with Crippen molar-refractivity contribution in [3.63, 3.8) is 0 Å². The topological polar surface area (TPSA) is 88.5 Å². The molecule has 9 heteroatoms. The van der Waals surface area contributed by atoms with E-state index in [1.54, 1.807) is 18.7 Å². The van der Waals surface area contributed by atoms with Gasteiger partial charge in [-0.05, 0) is 56.1 Å². The molecule has 0 bridgehead atoms. The van der Waals surface area contributed by atoms with E-state index < -0.39 is 12.0 Å². The van der Waals surface area contributed by atoms with Gasteiger partial charge in [0.15, 0.2) is 5.17 Å². The Labute approximate surface area is 229 Å². The Bertz CT molecular complexity index is 1170. The second kappa shape index (κ2) is 12.2. The first-order chi connectivity index (χ1) is 18.2. The van der Waals surface area contributed by atoms with Crippen molar-refractivity contribution in [1.29, 1.82) is 0 Å². The van der Waals surface area contributed by atoms with E-state index >= 15 is 0 Å². The quantitative estimate of drug-likeness (QED) is 0.423. The minimum Gasteiger partial charge on any atom is -0.466 e. The molecule has 8 nitrogen and oxygen atoms in total. The molecular formula is C29H37N3O5S. The standard InChI is InChI=1S/C29H37N3O5S/c1-6-36-27(34)22-9-8-14-31(16-22)24(33)15-23-17-38-29-30-19(5)25(28(35)37-7-2)26(32(23)29)21-12-10-20(11-13-21)18(3)4/h10-13,17-18,22,26H,6-9,14-16H2,1-5H3/t22-,26-/m0/s1. The van der Waals surface area contributed by atoms with Crippen LogP contribution in [0.1, 0.15) is 77.0 Å². The summed E-state index contributed by atoms with van der Waals surface area (Å²) in [6.07, 6.45) is 1.64. The normalized spacial score (nSPS) is 21.2. The molecule has 0 spiro atoms. The number of piperidine rings is 1. The molecular weight excluding hydrogens is 502 g/mol. The maximum absolute atomic E-state index is 13.5. The minimum absolute atomic E-state index is 0.0510. The molecule has 1 amide bonds. The highest BCUT2D eigenvalue weighted by molar-refractivity contribution is 8.16. The molecule has 3 heterocycles. The number of hydrogen-bond acceptors (Lipinski definition) is 8. The molecule has 1 saturated heterocycles. The maximum Gasteiger partial charge on any atom is 0.338 e. The number of nitrogens with zero attached hydrogens (tertiary/aromatic N) is 3. The van der Waals surface area contributed by atoms with E-state index in [1.807, 2.05) is 29.4 Å². The van der Waals surface area contributed by atoms with E-state index in [0.717, 1.165) is 29.3 Å². The number of hydrogen-bond donors (Lipinski definition) is 0. The van der Waals surface area contributed by atoms with Crippen LogP contribution in [0.2, 0.25) is 0 Å². The smallest absolute Gasteiger partial charge is 0.338 e. The van der Waals surface area contributed by atoms with Gasteiger partial charge >= 0.3 is 11.9 Å². The fraction of sp³-hybridized carbons (Fsp3) is 0.517. The van der Waals surface area contributed by atoms with Crippen LogP contribution in [-0.2, 0) is 23.9 Å². The van der Waals surface area contributed by atoms with Crippen molar-refractivity contribution in [2.45, 2.75) is 65.8 Å². The van der Waals surface area contributed by atoms with Gasteiger partial charge in [0, 0.05) is 18.8 Å². The average molecular weight is 540 g/mol. The highest BCUT2D eigenvalue weighted by atomic mass is 32.2. The Morgan fingerprint density at radius 3 is 2.47 bits per heavy atom. The lowest BCUT2D eigenvalue weighted by Gasteiger charge is -2.37. The Morgan fingerprint density at radius 1 is 1.11 bits per heavy atom. The SMILES string of the molecule is CCOC(=O)C1=C(C)N=C2SC=C(CC(=O)N3CCC[C@H](C(=O)OCC)C3)N2[C@H]1c1ccc(C(C)C)cc1. The number of thioether (sulfide) groups is 1. The van der Waals surface area contributed by atoms with Crippen molar-refractivity contribution in [3.8, 4) is 0 Å². The summed E-state index contributed by atoms with van der Waals surface area (Å²) in [5.74, 6) is -0.602. The Balaban J connectivity index is 1.61. The number of aliphatic imine (C=N–C) groups is 1. The third kappa shape index (κ3) is 5.82. The molecule has 2 atom stereocenters. The number of esters is 2. The molecule has 1 fully saturated rings. The summed E-state index contributed by atoms with van der Waals surface area (Å²) in [4.78, 5) is 47.4. The van der Waals surface area contributed by atoms with Crippen LogP contribution in [0.3, 0.4) is 0 Å². The number of amides is 1. The molecule has 0 aliphatic carbocycles. The Hall–Kier alpha value is -3.07. The molecule has 0 unspecified atom stereocenters. The minimum atomic E-state index is -0.453. The summed E-state index contributed by atoms with van der Waals surface area (Å²) >= 11 is 1.46.